The van der Waals surface area contributed by atoms with Gasteiger partial charge in [0.15, 0.2) is 11.5 Å². The largest absolute Gasteiger partial charge is 0.490 e. The Labute approximate surface area is 127 Å². The number of halogens is 1. The van der Waals surface area contributed by atoms with E-state index in [0.717, 1.165) is 41.7 Å². The highest BCUT2D eigenvalue weighted by Crippen LogP contribution is 2.37. The van der Waals surface area contributed by atoms with Crippen molar-refractivity contribution in [1.29, 1.82) is 0 Å². The molecule has 0 N–H and O–H groups in total. The fraction of sp³-hybridized carbons (Fsp3) is 0.647. The van der Waals surface area contributed by atoms with Crippen LogP contribution in [0.4, 0.5) is 0 Å². The molecule has 1 aliphatic rings. The lowest BCUT2D eigenvalue weighted by molar-refractivity contribution is 0.0963. The van der Waals surface area contributed by atoms with Crippen molar-refractivity contribution in [2.45, 2.75) is 52.0 Å². The zero-order valence-corrected chi connectivity index (χ0v) is 13.5. The molecule has 0 saturated heterocycles. The van der Waals surface area contributed by atoms with Crippen molar-refractivity contribution in [1.82, 2.24) is 0 Å². The second kappa shape index (κ2) is 7.21. The Bertz CT molecular complexity index is 423. The van der Waals surface area contributed by atoms with Crippen molar-refractivity contribution in [3.8, 4) is 11.5 Å². The first-order valence-corrected chi connectivity index (χ1v) is 8.14. The summed E-state index contributed by atoms with van der Waals surface area (Å²) in [7, 11) is 0. The maximum atomic E-state index is 6.29. The SMILES string of the molecule is CCOc1cccc(CCl)c1OC1CC(C)CC(C)C1. The number of alkyl halides is 1. The maximum absolute atomic E-state index is 6.29. The fourth-order valence-electron chi connectivity index (χ4n) is 3.21. The van der Waals surface area contributed by atoms with Crippen molar-refractivity contribution in [3.05, 3.63) is 23.8 Å². The third-order valence-electron chi connectivity index (χ3n) is 3.92. The molecule has 0 heterocycles. The predicted molar refractivity (Wildman–Crippen MR) is 83.8 cm³/mol. The summed E-state index contributed by atoms with van der Waals surface area (Å²) >= 11 is 6.04. The van der Waals surface area contributed by atoms with Crippen LogP contribution in [0.5, 0.6) is 11.5 Å². The molecule has 0 spiro atoms. The first-order valence-electron chi connectivity index (χ1n) is 7.61. The van der Waals surface area contributed by atoms with Gasteiger partial charge in [0.1, 0.15) is 0 Å². The van der Waals surface area contributed by atoms with Crippen LogP contribution >= 0.6 is 11.6 Å². The molecule has 2 unspecified atom stereocenters. The highest BCUT2D eigenvalue weighted by Gasteiger charge is 2.26. The zero-order valence-electron chi connectivity index (χ0n) is 12.7. The summed E-state index contributed by atoms with van der Waals surface area (Å²) in [5.41, 5.74) is 1.02. The van der Waals surface area contributed by atoms with Crippen LogP contribution in [0.25, 0.3) is 0 Å². The number of hydrogen-bond acceptors (Lipinski definition) is 2. The molecule has 0 radical (unpaired) electrons. The molecule has 1 saturated carbocycles. The third kappa shape index (κ3) is 3.82. The van der Waals surface area contributed by atoms with Gasteiger partial charge in [-0.3, -0.25) is 0 Å². The summed E-state index contributed by atoms with van der Waals surface area (Å²) in [5, 5.41) is 0. The molecular weight excluding hydrogens is 272 g/mol. The molecule has 20 heavy (non-hydrogen) atoms. The topological polar surface area (TPSA) is 18.5 Å². The first kappa shape index (κ1) is 15.5. The molecule has 1 aromatic rings. The molecule has 2 atom stereocenters. The molecule has 0 aliphatic heterocycles. The standard InChI is InChI=1S/C17H25ClO2/c1-4-19-16-7-5-6-14(11-18)17(16)20-15-9-12(2)8-13(3)10-15/h5-7,12-13,15H,4,8-11H2,1-3H3. The number of rotatable bonds is 5. The normalized spacial score (nSPS) is 26.3. The molecule has 2 nitrogen and oxygen atoms in total. The molecule has 3 heteroatoms. The van der Waals surface area contributed by atoms with Gasteiger partial charge < -0.3 is 9.47 Å². The van der Waals surface area contributed by atoms with Crippen LogP contribution in [-0.2, 0) is 5.88 Å². The van der Waals surface area contributed by atoms with Gasteiger partial charge in [0, 0.05) is 5.56 Å². The van der Waals surface area contributed by atoms with Crippen LogP contribution in [-0.4, -0.2) is 12.7 Å². The first-order chi connectivity index (χ1) is 9.63. The second-order valence-electron chi connectivity index (χ2n) is 5.97. The average molecular weight is 297 g/mol. The molecule has 0 bridgehead atoms. The van der Waals surface area contributed by atoms with Gasteiger partial charge in [-0.25, -0.2) is 0 Å². The summed E-state index contributed by atoms with van der Waals surface area (Å²) in [6.45, 7) is 7.24. The molecule has 1 aromatic carbocycles. The van der Waals surface area contributed by atoms with E-state index in [4.69, 9.17) is 21.1 Å². The van der Waals surface area contributed by atoms with Gasteiger partial charge in [0.25, 0.3) is 0 Å². The van der Waals surface area contributed by atoms with Crippen LogP contribution in [0, 0.1) is 11.8 Å². The Balaban J connectivity index is 2.18. The van der Waals surface area contributed by atoms with Crippen LogP contribution in [0.1, 0.15) is 45.6 Å². The summed E-state index contributed by atoms with van der Waals surface area (Å²) in [6, 6.07) is 5.95. The second-order valence-corrected chi connectivity index (χ2v) is 6.24. The molecule has 1 aliphatic carbocycles. The molecule has 0 amide bonds. The number of ether oxygens (including phenoxy) is 2. The lowest BCUT2D eigenvalue weighted by Gasteiger charge is -2.32. The highest BCUT2D eigenvalue weighted by atomic mass is 35.5. The van der Waals surface area contributed by atoms with Gasteiger partial charge in [-0.05, 0) is 44.1 Å². The minimum atomic E-state index is 0.275. The van der Waals surface area contributed by atoms with E-state index in [1.54, 1.807) is 0 Å². The monoisotopic (exact) mass is 296 g/mol. The molecule has 0 aromatic heterocycles. The smallest absolute Gasteiger partial charge is 0.165 e. The Morgan fingerprint density at radius 3 is 2.45 bits per heavy atom. The summed E-state index contributed by atoms with van der Waals surface area (Å²) < 4.78 is 12.0. The quantitative estimate of drug-likeness (QED) is 0.710. The van der Waals surface area contributed by atoms with Crippen LogP contribution in [0.15, 0.2) is 18.2 Å². The minimum absolute atomic E-state index is 0.275. The molecule has 112 valence electrons. The van der Waals surface area contributed by atoms with Crippen molar-refractivity contribution >= 4 is 11.6 Å². The zero-order chi connectivity index (χ0) is 14.5. The van der Waals surface area contributed by atoms with Crippen LogP contribution in [0.3, 0.4) is 0 Å². The van der Waals surface area contributed by atoms with E-state index < -0.39 is 0 Å². The van der Waals surface area contributed by atoms with Gasteiger partial charge in [0.2, 0.25) is 0 Å². The van der Waals surface area contributed by atoms with E-state index in [-0.39, 0.29) is 6.10 Å². The summed E-state index contributed by atoms with van der Waals surface area (Å²) in [5.74, 6) is 3.56. The van der Waals surface area contributed by atoms with Gasteiger partial charge in [-0.15, -0.1) is 11.6 Å². The van der Waals surface area contributed by atoms with E-state index in [2.05, 4.69) is 13.8 Å². The van der Waals surface area contributed by atoms with Gasteiger partial charge in [0.05, 0.1) is 18.6 Å². The van der Waals surface area contributed by atoms with E-state index in [1.165, 1.54) is 6.42 Å². The molecule has 1 fully saturated rings. The fourth-order valence-corrected chi connectivity index (χ4v) is 3.42. The van der Waals surface area contributed by atoms with Crippen molar-refractivity contribution in [2.75, 3.05) is 6.61 Å². The van der Waals surface area contributed by atoms with Gasteiger partial charge in [-0.1, -0.05) is 26.0 Å². The lowest BCUT2D eigenvalue weighted by atomic mass is 9.82. The van der Waals surface area contributed by atoms with Crippen molar-refractivity contribution in [2.24, 2.45) is 11.8 Å². The highest BCUT2D eigenvalue weighted by molar-refractivity contribution is 6.17. The summed E-state index contributed by atoms with van der Waals surface area (Å²) in [4.78, 5) is 0. The van der Waals surface area contributed by atoms with E-state index in [9.17, 15) is 0 Å². The third-order valence-corrected chi connectivity index (χ3v) is 4.21. The Morgan fingerprint density at radius 2 is 1.85 bits per heavy atom. The minimum Gasteiger partial charge on any atom is -0.490 e. The van der Waals surface area contributed by atoms with E-state index >= 15 is 0 Å². The lowest BCUT2D eigenvalue weighted by Crippen LogP contribution is -2.29. The molecule has 2 rings (SSSR count). The number of hydrogen-bond donors (Lipinski definition) is 0. The van der Waals surface area contributed by atoms with Crippen LogP contribution in [0.2, 0.25) is 0 Å². The van der Waals surface area contributed by atoms with Crippen LogP contribution < -0.4 is 9.47 Å². The van der Waals surface area contributed by atoms with E-state index in [0.29, 0.717) is 12.5 Å². The summed E-state index contributed by atoms with van der Waals surface area (Å²) in [6.07, 6.45) is 3.81. The van der Waals surface area contributed by atoms with Crippen molar-refractivity contribution in [3.63, 3.8) is 0 Å². The number of benzene rings is 1. The predicted octanol–water partition coefficient (Wildman–Crippen LogP) is 5.03. The number of para-hydroxylation sites is 1. The Kier molecular flexibility index (Phi) is 5.59. The van der Waals surface area contributed by atoms with Gasteiger partial charge >= 0.3 is 0 Å². The van der Waals surface area contributed by atoms with Gasteiger partial charge in [-0.2, -0.15) is 0 Å². The average Bonchev–Trinajstić information content (AvgIpc) is 2.40. The Hall–Kier alpha value is -0.890. The molecular formula is C17H25ClO2. The van der Waals surface area contributed by atoms with Crippen molar-refractivity contribution < 1.29 is 9.47 Å². The maximum Gasteiger partial charge on any atom is 0.165 e. The van der Waals surface area contributed by atoms with E-state index in [1.807, 2.05) is 25.1 Å². The Morgan fingerprint density at radius 1 is 1.15 bits per heavy atom.